The Labute approximate surface area is 196 Å². The fourth-order valence-corrected chi connectivity index (χ4v) is 4.16. The average Bonchev–Trinajstić information content (AvgIpc) is 2.79. The summed E-state index contributed by atoms with van der Waals surface area (Å²) >= 11 is 0. The van der Waals surface area contributed by atoms with Gasteiger partial charge in [0.05, 0.1) is 17.7 Å². The zero-order valence-electron chi connectivity index (χ0n) is 20.6. The van der Waals surface area contributed by atoms with E-state index >= 15 is 0 Å². The molecule has 0 radical (unpaired) electrons. The van der Waals surface area contributed by atoms with Crippen LogP contribution in [-0.4, -0.2) is 23.7 Å². The molecule has 4 heteroatoms. The molecule has 0 amide bonds. The van der Waals surface area contributed by atoms with E-state index in [1.54, 1.807) is 12.1 Å². The van der Waals surface area contributed by atoms with Crippen LogP contribution in [0, 0.1) is 0 Å². The fraction of sp³-hybridized carbons (Fsp3) is 0.714. The molecule has 0 aliphatic carbocycles. The monoisotopic (exact) mass is 446 g/mol. The van der Waals surface area contributed by atoms with Crippen LogP contribution in [0.2, 0.25) is 0 Å². The number of ether oxygens (including phenoxy) is 1. The number of hydrogen-bond acceptors (Lipinski definition) is 3. The Kier molecular flexibility index (Phi) is 16.5. The van der Waals surface area contributed by atoms with Crippen molar-refractivity contribution in [3.63, 3.8) is 0 Å². The lowest BCUT2D eigenvalue weighted by Crippen LogP contribution is -2.15. The van der Waals surface area contributed by atoms with Crippen molar-refractivity contribution in [2.75, 3.05) is 6.61 Å². The van der Waals surface area contributed by atoms with E-state index in [0.29, 0.717) is 13.0 Å². The number of esters is 1. The van der Waals surface area contributed by atoms with Crippen LogP contribution in [-0.2, 0) is 11.2 Å². The van der Waals surface area contributed by atoms with E-state index in [0.717, 1.165) is 37.7 Å². The Hall–Kier alpha value is -1.84. The van der Waals surface area contributed by atoms with Crippen molar-refractivity contribution in [3.8, 4) is 0 Å². The highest BCUT2D eigenvalue weighted by molar-refractivity contribution is 6.03. The molecule has 0 spiro atoms. The number of hydrogen-bond donors (Lipinski definition) is 1. The van der Waals surface area contributed by atoms with Gasteiger partial charge in [-0.3, -0.25) is 0 Å². The van der Waals surface area contributed by atoms with Crippen LogP contribution >= 0.6 is 0 Å². The Morgan fingerprint density at radius 2 is 1.22 bits per heavy atom. The first kappa shape index (κ1) is 28.2. The SMILES string of the molecule is CCCCCCCCCCCc1cccc(C(=O)OCCCCCCCCC)c1C(=O)O. The first-order valence-electron chi connectivity index (χ1n) is 13.1. The summed E-state index contributed by atoms with van der Waals surface area (Å²) in [4.78, 5) is 24.4. The minimum atomic E-state index is -1.04. The third-order valence-electron chi connectivity index (χ3n) is 6.12. The van der Waals surface area contributed by atoms with Gasteiger partial charge in [0.1, 0.15) is 0 Å². The highest BCUT2D eigenvalue weighted by Gasteiger charge is 2.21. The molecule has 1 N–H and O–H groups in total. The Morgan fingerprint density at radius 3 is 1.75 bits per heavy atom. The number of unbranched alkanes of at least 4 members (excludes halogenated alkanes) is 14. The van der Waals surface area contributed by atoms with Crippen molar-refractivity contribution in [1.29, 1.82) is 0 Å². The second-order valence-electron chi connectivity index (χ2n) is 8.98. The molecule has 0 atom stereocenters. The van der Waals surface area contributed by atoms with Gasteiger partial charge in [0.25, 0.3) is 0 Å². The molecule has 1 rings (SSSR count). The summed E-state index contributed by atoms with van der Waals surface area (Å²) in [6, 6.07) is 5.19. The van der Waals surface area contributed by atoms with Gasteiger partial charge >= 0.3 is 11.9 Å². The van der Waals surface area contributed by atoms with Crippen molar-refractivity contribution in [3.05, 3.63) is 34.9 Å². The molecule has 4 nitrogen and oxygen atoms in total. The lowest BCUT2D eigenvalue weighted by molar-refractivity contribution is 0.0487. The van der Waals surface area contributed by atoms with Crippen LogP contribution < -0.4 is 0 Å². The van der Waals surface area contributed by atoms with E-state index < -0.39 is 11.9 Å². The number of aromatic carboxylic acids is 1. The molecule has 0 unspecified atom stereocenters. The normalized spacial score (nSPS) is 10.9. The number of carboxylic acids is 1. The molecule has 0 aliphatic heterocycles. The summed E-state index contributed by atoms with van der Waals surface area (Å²) in [6.07, 6.45) is 19.8. The molecule has 0 saturated heterocycles. The van der Waals surface area contributed by atoms with E-state index in [4.69, 9.17) is 4.74 Å². The number of carbonyl (C=O) groups excluding carboxylic acids is 1. The van der Waals surface area contributed by atoms with Gasteiger partial charge < -0.3 is 9.84 Å². The standard InChI is InChI=1S/C28H46O4/c1-3-5-7-9-11-12-13-15-17-20-24-21-19-22-25(26(24)27(29)30)28(31)32-23-18-16-14-10-8-6-4-2/h19,21-22H,3-18,20,23H2,1-2H3,(H,29,30). The molecule has 0 bridgehead atoms. The third kappa shape index (κ3) is 12.3. The minimum Gasteiger partial charge on any atom is -0.478 e. The largest absolute Gasteiger partial charge is 0.478 e. The van der Waals surface area contributed by atoms with Gasteiger partial charge in [0.15, 0.2) is 0 Å². The predicted octanol–water partition coefficient (Wildman–Crippen LogP) is 8.37. The highest BCUT2D eigenvalue weighted by Crippen LogP contribution is 2.20. The quantitative estimate of drug-likeness (QED) is 0.161. The lowest BCUT2D eigenvalue weighted by Gasteiger charge is -2.12. The zero-order valence-corrected chi connectivity index (χ0v) is 20.6. The van der Waals surface area contributed by atoms with E-state index in [1.165, 1.54) is 70.6 Å². The number of carbonyl (C=O) groups is 2. The van der Waals surface area contributed by atoms with Crippen molar-refractivity contribution >= 4 is 11.9 Å². The fourth-order valence-electron chi connectivity index (χ4n) is 4.16. The zero-order chi connectivity index (χ0) is 23.4. The number of rotatable bonds is 20. The van der Waals surface area contributed by atoms with Crippen molar-refractivity contribution in [2.24, 2.45) is 0 Å². The lowest BCUT2D eigenvalue weighted by atomic mass is 9.96. The van der Waals surface area contributed by atoms with Crippen LogP contribution in [0.5, 0.6) is 0 Å². The van der Waals surface area contributed by atoms with Crippen molar-refractivity contribution < 1.29 is 19.4 Å². The van der Waals surface area contributed by atoms with E-state index in [-0.39, 0.29) is 11.1 Å². The smallest absolute Gasteiger partial charge is 0.339 e. The van der Waals surface area contributed by atoms with Gasteiger partial charge in [0.2, 0.25) is 0 Å². The number of aryl methyl sites for hydroxylation is 1. The van der Waals surface area contributed by atoms with Gasteiger partial charge in [-0.25, -0.2) is 9.59 Å². The molecule has 0 saturated carbocycles. The maximum absolute atomic E-state index is 12.5. The Bertz CT molecular complexity index is 638. The molecule has 0 aliphatic rings. The molecular formula is C28H46O4. The number of benzene rings is 1. The topological polar surface area (TPSA) is 63.6 Å². The van der Waals surface area contributed by atoms with Crippen LogP contribution in [0.4, 0.5) is 0 Å². The van der Waals surface area contributed by atoms with E-state index in [9.17, 15) is 14.7 Å². The van der Waals surface area contributed by atoms with E-state index in [2.05, 4.69) is 13.8 Å². The van der Waals surface area contributed by atoms with Crippen molar-refractivity contribution in [1.82, 2.24) is 0 Å². The van der Waals surface area contributed by atoms with Crippen molar-refractivity contribution in [2.45, 2.75) is 123 Å². The van der Waals surface area contributed by atoms with Crippen LogP contribution in [0.3, 0.4) is 0 Å². The highest BCUT2D eigenvalue weighted by atomic mass is 16.5. The van der Waals surface area contributed by atoms with Crippen LogP contribution in [0.1, 0.15) is 143 Å². The van der Waals surface area contributed by atoms with Crippen LogP contribution in [0.25, 0.3) is 0 Å². The first-order chi connectivity index (χ1) is 15.6. The van der Waals surface area contributed by atoms with Gasteiger partial charge in [0, 0.05) is 0 Å². The second kappa shape index (κ2) is 18.7. The second-order valence-corrected chi connectivity index (χ2v) is 8.98. The molecule has 32 heavy (non-hydrogen) atoms. The molecule has 1 aromatic carbocycles. The summed E-state index contributed by atoms with van der Waals surface area (Å²) in [6.45, 7) is 4.79. The predicted molar refractivity (Wildman–Crippen MR) is 133 cm³/mol. The molecule has 1 aromatic rings. The Morgan fingerprint density at radius 1 is 0.719 bits per heavy atom. The van der Waals surface area contributed by atoms with Gasteiger partial charge in [-0.1, -0.05) is 116 Å². The van der Waals surface area contributed by atoms with E-state index in [1.807, 2.05) is 6.07 Å². The van der Waals surface area contributed by atoms with Gasteiger partial charge in [-0.15, -0.1) is 0 Å². The third-order valence-corrected chi connectivity index (χ3v) is 6.12. The number of carboxylic acid groups (broad SMARTS) is 1. The maximum Gasteiger partial charge on any atom is 0.339 e. The van der Waals surface area contributed by atoms with Gasteiger partial charge in [-0.2, -0.15) is 0 Å². The molecular weight excluding hydrogens is 400 g/mol. The summed E-state index contributed by atoms with van der Waals surface area (Å²) in [5.41, 5.74) is 1.05. The maximum atomic E-state index is 12.5. The summed E-state index contributed by atoms with van der Waals surface area (Å²) in [7, 11) is 0. The first-order valence-corrected chi connectivity index (χ1v) is 13.1. The molecule has 0 aromatic heterocycles. The molecule has 0 heterocycles. The van der Waals surface area contributed by atoms with Gasteiger partial charge in [-0.05, 0) is 30.9 Å². The Balaban J connectivity index is 2.41. The van der Waals surface area contributed by atoms with Crippen LogP contribution in [0.15, 0.2) is 18.2 Å². The summed E-state index contributed by atoms with van der Waals surface area (Å²) < 4.78 is 5.40. The molecule has 182 valence electrons. The average molecular weight is 447 g/mol. The summed E-state index contributed by atoms with van der Waals surface area (Å²) in [5.74, 6) is -1.55. The molecule has 0 fully saturated rings. The summed E-state index contributed by atoms with van der Waals surface area (Å²) in [5, 5.41) is 9.74. The minimum absolute atomic E-state index is 0.122.